The Morgan fingerprint density at radius 1 is 1.22 bits per heavy atom. The molecule has 2 rings (SSSR count). The van der Waals surface area contributed by atoms with E-state index in [1.807, 2.05) is 32.9 Å². The van der Waals surface area contributed by atoms with Crippen molar-refractivity contribution in [3.8, 4) is 6.07 Å². The molecule has 2 N–H and O–H groups in total. The second kappa shape index (κ2) is 9.48. The number of nitriles is 1. The topological polar surface area (TPSA) is 108 Å². The number of hydrogen-bond donors (Lipinski definition) is 2. The molecule has 0 aliphatic carbocycles. The van der Waals surface area contributed by atoms with Gasteiger partial charge in [0.2, 0.25) is 16.9 Å². The molecule has 1 aromatic heterocycles. The third-order valence-electron chi connectivity index (χ3n) is 3.42. The lowest BCUT2D eigenvalue weighted by Gasteiger charge is -2.17. The molecule has 0 bridgehead atoms. The number of anilines is 1. The lowest BCUT2D eigenvalue weighted by Crippen LogP contribution is -2.36. The largest absolute Gasteiger partial charge is 0.355 e. The van der Waals surface area contributed by atoms with Crippen LogP contribution in [0.2, 0.25) is 0 Å². The van der Waals surface area contributed by atoms with E-state index in [4.69, 9.17) is 5.26 Å². The minimum Gasteiger partial charge on any atom is -0.355 e. The standard InChI is InChI=1S/C18H21N5O2S2/c1-18(2,3)15(25)20-9-8-14(24)21-16-22-23-17(27-16)26-11-13-6-4-12(10-19)5-7-13/h4-7H,8-9,11H2,1-3H3,(H,20,25)(H,21,22,24). The van der Waals surface area contributed by atoms with Crippen LogP contribution in [-0.2, 0) is 15.3 Å². The number of aromatic nitrogens is 2. The molecule has 1 heterocycles. The molecule has 9 heteroatoms. The second-order valence-corrected chi connectivity index (χ2v) is 8.97. The maximum absolute atomic E-state index is 11.9. The van der Waals surface area contributed by atoms with E-state index in [0.717, 1.165) is 9.90 Å². The predicted octanol–water partition coefficient (Wildman–Crippen LogP) is 3.19. The predicted molar refractivity (Wildman–Crippen MR) is 106 cm³/mol. The van der Waals surface area contributed by atoms with Crippen LogP contribution in [-0.4, -0.2) is 28.6 Å². The van der Waals surface area contributed by atoms with E-state index < -0.39 is 5.41 Å². The normalized spacial score (nSPS) is 10.9. The summed E-state index contributed by atoms with van der Waals surface area (Å²) in [4.78, 5) is 23.7. The fraction of sp³-hybridized carbons (Fsp3) is 0.389. The van der Waals surface area contributed by atoms with E-state index in [0.29, 0.717) is 16.4 Å². The summed E-state index contributed by atoms with van der Waals surface area (Å²) >= 11 is 2.81. The highest BCUT2D eigenvalue weighted by molar-refractivity contribution is 8.00. The van der Waals surface area contributed by atoms with Crippen LogP contribution < -0.4 is 10.6 Å². The van der Waals surface area contributed by atoms with Crippen LogP contribution in [0.15, 0.2) is 28.6 Å². The van der Waals surface area contributed by atoms with Gasteiger partial charge in [0.15, 0.2) is 4.34 Å². The smallest absolute Gasteiger partial charge is 0.227 e. The van der Waals surface area contributed by atoms with Gasteiger partial charge in [0.05, 0.1) is 11.6 Å². The van der Waals surface area contributed by atoms with Crippen molar-refractivity contribution < 1.29 is 9.59 Å². The Kier molecular flexibility index (Phi) is 7.33. The first-order valence-electron chi connectivity index (χ1n) is 8.31. The van der Waals surface area contributed by atoms with Gasteiger partial charge in [-0.05, 0) is 17.7 Å². The number of amides is 2. The average molecular weight is 404 g/mol. The van der Waals surface area contributed by atoms with Gasteiger partial charge >= 0.3 is 0 Å². The van der Waals surface area contributed by atoms with E-state index in [9.17, 15) is 9.59 Å². The van der Waals surface area contributed by atoms with E-state index >= 15 is 0 Å². The van der Waals surface area contributed by atoms with E-state index in [-0.39, 0.29) is 24.8 Å². The van der Waals surface area contributed by atoms with E-state index in [1.165, 1.54) is 23.1 Å². The second-order valence-electron chi connectivity index (χ2n) is 6.77. The van der Waals surface area contributed by atoms with Gasteiger partial charge in [-0.3, -0.25) is 9.59 Å². The monoisotopic (exact) mass is 403 g/mol. The first kappa shape index (κ1) is 20.9. The van der Waals surface area contributed by atoms with Gasteiger partial charge in [0.25, 0.3) is 0 Å². The minimum atomic E-state index is -0.475. The zero-order valence-corrected chi connectivity index (χ0v) is 17.0. The van der Waals surface area contributed by atoms with Crippen molar-refractivity contribution in [2.75, 3.05) is 11.9 Å². The molecule has 0 fully saturated rings. The summed E-state index contributed by atoms with van der Waals surface area (Å²) < 4.78 is 0.746. The van der Waals surface area contributed by atoms with Crippen molar-refractivity contribution in [3.05, 3.63) is 35.4 Å². The lowest BCUT2D eigenvalue weighted by atomic mass is 9.96. The van der Waals surface area contributed by atoms with Gasteiger partial charge in [-0.1, -0.05) is 56.0 Å². The zero-order valence-electron chi connectivity index (χ0n) is 15.4. The first-order chi connectivity index (χ1) is 12.8. The molecule has 27 heavy (non-hydrogen) atoms. The molecule has 2 amide bonds. The maximum atomic E-state index is 11.9. The van der Waals surface area contributed by atoms with Crippen molar-refractivity contribution in [2.24, 2.45) is 5.41 Å². The highest BCUT2D eigenvalue weighted by Crippen LogP contribution is 2.28. The molecule has 0 saturated carbocycles. The molecule has 0 aliphatic heterocycles. The Morgan fingerprint density at radius 3 is 2.56 bits per heavy atom. The van der Waals surface area contributed by atoms with Crippen molar-refractivity contribution in [1.82, 2.24) is 15.5 Å². The number of hydrogen-bond acceptors (Lipinski definition) is 7. The lowest BCUT2D eigenvalue weighted by molar-refractivity contribution is -0.128. The Morgan fingerprint density at radius 2 is 1.93 bits per heavy atom. The van der Waals surface area contributed by atoms with Crippen LogP contribution in [0.5, 0.6) is 0 Å². The van der Waals surface area contributed by atoms with Gasteiger partial charge in [-0.25, -0.2) is 0 Å². The number of thioether (sulfide) groups is 1. The number of nitrogens with zero attached hydrogens (tertiary/aromatic N) is 3. The van der Waals surface area contributed by atoms with E-state index in [1.54, 1.807) is 12.1 Å². The summed E-state index contributed by atoms with van der Waals surface area (Å²) in [5, 5.41) is 22.7. The van der Waals surface area contributed by atoms with Crippen molar-refractivity contribution >= 4 is 40.0 Å². The molecule has 2 aromatic rings. The third-order valence-corrected chi connectivity index (χ3v) is 5.46. The Bertz CT molecular complexity index is 835. The Balaban J connectivity index is 1.75. The molecule has 7 nitrogen and oxygen atoms in total. The van der Waals surface area contributed by atoms with Crippen molar-refractivity contribution in [1.29, 1.82) is 5.26 Å². The molecule has 142 valence electrons. The van der Waals surface area contributed by atoms with Gasteiger partial charge in [-0.2, -0.15) is 5.26 Å². The minimum absolute atomic E-state index is 0.0901. The average Bonchev–Trinajstić information content (AvgIpc) is 3.06. The number of carbonyl (C=O) groups excluding carboxylic acids is 2. The van der Waals surface area contributed by atoms with Gasteiger partial charge in [0.1, 0.15) is 0 Å². The summed E-state index contributed by atoms with van der Waals surface area (Å²) in [5.41, 5.74) is 1.23. The summed E-state index contributed by atoms with van der Waals surface area (Å²) in [6.07, 6.45) is 0.176. The number of nitrogens with one attached hydrogen (secondary N) is 2. The summed E-state index contributed by atoms with van der Waals surface area (Å²) in [5.74, 6) is 0.393. The van der Waals surface area contributed by atoms with Gasteiger partial charge in [0, 0.05) is 24.1 Å². The fourth-order valence-electron chi connectivity index (χ4n) is 1.88. The Hall–Kier alpha value is -2.44. The van der Waals surface area contributed by atoms with Gasteiger partial charge in [-0.15, -0.1) is 10.2 Å². The van der Waals surface area contributed by atoms with Crippen molar-refractivity contribution in [3.63, 3.8) is 0 Å². The molecule has 0 saturated heterocycles. The fourth-order valence-corrected chi connectivity index (χ4v) is 3.60. The number of rotatable bonds is 7. The van der Waals surface area contributed by atoms with Crippen LogP contribution in [0, 0.1) is 16.7 Å². The summed E-state index contributed by atoms with van der Waals surface area (Å²) in [6, 6.07) is 9.45. The van der Waals surface area contributed by atoms with Crippen LogP contribution in [0.3, 0.4) is 0 Å². The Labute approximate surface area is 166 Å². The summed E-state index contributed by atoms with van der Waals surface area (Å²) in [6.45, 7) is 5.74. The molecule has 1 aromatic carbocycles. The number of carbonyl (C=O) groups is 2. The SMILES string of the molecule is CC(C)(C)C(=O)NCCC(=O)Nc1nnc(SCc2ccc(C#N)cc2)s1. The maximum Gasteiger partial charge on any atom is 0.227 e. The molecular formula is C18H21N5O2S2. The summed E-state index contributed by atoms with van der Waals surface area (Å²) in [7, 11) is 0. The zero-order chi connectivity index (χ0) is 19.9. The van der Waals surface area contributed by atoms with Gasteiger partial charge < -0.3 is 10.6 Å². The van der Waals surface area contributed by atoms with Crippen LogP contribution in [0.1, 0.15) is 38.3 Å². The van der Waals surface area contributed by atoms with E-state index in [2.05, 4.69) is 26.9 Å². The molecule has 0 atom stereocenters. The first-order valence-corrected chi connectivity index (χ1v) is 10.1. The molecule has 0 unspecified atom stereocenters. The van der Waals surface area contributed by atoms with Crippen LogP contribution in [0.4, 0.5) is 5.13 Å². The third kappa shape index (κ3) is 7.00. The molecule has 0 radical (unpaired) electrons. The molecule has 0 aliphatic rings. The number of benzene rings is 1. The highest BCUT2D eigenvalue weighted by atomic mass is 32.2. The molecule has 0 spiro atoms. The highest BCUT2D eigenvalue weighted by Gasteiger charge is 2.20. The van der Waals surface area contributed by atoms with Crippen LogP contribution >= 0.6 is 23.1 Å². The van der Waals surface area contributed by atoms with Crippen molar-refractivity contribution in [2.45, 2.75) is 37.3 Å². The van der Waals surface area contributed by atoms with Crippen LogP contribution in [0.25, 0.3) is 0 Å². The molecular weight excluding hydrogens is 382 g/mol. The quantitative estimate of drug-likeness (QED) is 0.543.